The molecular formula is C11H17BrN2S. The number of nitrogens with zero attached hydrogens (tertiary/aromatic N) is 1. The maximum atomic E-state index is 3.63. The molecule has 0 radical (unpaired) electrons. The predicted molar refractivity (Wildman–Crippen MR) is 69.4 cm³/mol. The highest BCUT2D eigenvalue weighted by Crippen LogP contribution is 2.22. The lowest BCUT2D eigenvalue weighted by molar-refractivity contribution is 0.234. The molecule has 2 nitrogen and oxygen atoms in total. The molecule has 1 aliphatic heterocycles. The van der Waals surface area contributed by atoms with Gasteiger partial charge in [-0.2, -0.15) is 0 Å². The molecule has 15 heavy (non-hydrogen) atoms. The van der Waals surface area contributed by atoms with Gasteiger partial charge in [0.25, 0.3) is 0 Å². The lowest BCUT2D eigenvalue weighted by Gasteiger charge is -2.29. The first-order chi connectivity index (χ1) is 7.24. The van der Waals surface area contributed by atoms with Gasteiger partial charge < -0.3 is 10.2 Å². The molecular weight excluding hydrogens is 272 g/mol. The highest BCUT2D eigenvalue weighted by molar-refractivity contribution is 9.11. The molecule has 0 atom stereocenters. The summed E-state index contributed by atoms with van der Waals surface area (Å²) in [7, 11) is 2.20. The Kier molecular flexibility index (Phi) is 4.20. The van der Waals surface area contributed by atoms with Gasteiger partial charge in [-0.3, -0.25) is 0 Å². The third-order valence-corrected chi connectivity index (χ3v) is 4.54. The number of likely N-dealkylation sites (tertiary alicyclic amines) is 1. The molecule has 1 saturated heterocycles. The van der Waals surface area contributed by atoms with E-state index in [0.29, 0.717) is 6.04 Å². The van der Waals surface area contributed by atoms with E-state index in [9.17, 15) is 0 Å². The number of nitrogens with one attached hydrogen (secondary N) is 1. The van der Waals surface area contributed by atoms with E-state index in [1.165, 1.54) is 34.6 Å². The fourth-order valence-corrected chi connectivity index (χ4v) is 3.34. The summed E-state index contributed by atoms with van der Waals surface area (Å²) < 4.78 is 1.22. The quantitative estimate of drug-likeness (QED) is 0.920. The van der Waals surface area contributed by atoms with Gasteiger partial charge in [-0.25, -0.2) is 0 Å². The van der Waals surface area contributed by atoms with Gasteiger partial charge in [-0.05, 0) is 61.0 Å². The number of halogens is 1. The fraction of sp³-hybridized carbons (Fsp3) is 0.636. The molecule has 0 aromatic carbocycles. The first kappa shape index (κ1) is 11.6. The second-order valence-electron chi connectivity index (χ2n) is 4.16. The van der Waals surface area contributed by atoms with Crippen molar-refractivity contribution in [3.8, 4) is 0 Å². The van der Waals surface area contributed by atoms with Gasteiger partial charge in [0, 0.05) is 17.5 Å². The maximum Gasteiger partial charge on any atom is 0.0701 e. The van der Waals surface area contributed by atoms with Crippen molar-refractivity contribution in [1.29, 1.82) is 0 Å². The normalized spacial score (nSPS) is 19.6. The Morgan fingerprint density at radius 1 is 1.47 bits per heavy atom. The molecule has 1 fully saturated rings. The van der Waals surface area contributed by atoms with E-state index < -0.39 is 0 Å². The first-order valence-corrected chi connectivity index (χ1v) is 7.01. The van der Waals surface area contributed by atoms with Crippen LogP contribution in [0.25, 0.3) is 0 Å². The van der Waals surface area contributed by atoms with Crippen LogP contribution in [0, 0.1) is 0 Å². The summed E-state index contributed by atoms with van der Waals surface area (Å²) in [4.78, 5) is 3.82. The van der Waals surface area contributed by atoms with Crippen LogP contribution >= 0.6 is 27.3 Å². The number of rotatable bonds is 3. The van der Waals surface area contributed by atoms with Gasteiger partial charge in [-0.1, -0.05) is 0 Å². The van der Waals surface area contributed by atoms with Crippen molar-refractivity contribution in [3.63, 3.8) is 0 Å². The topological polar surface area (TPSA) is 15.3 Å². The summed E-state index contributed by atoms with van der Waals surface area (Å²) in [5, 5.41) is 3.63. The largest absolute Gasteiger partial charge is 0.309 e. The summed E-state index contributed by atoms with van der Waals surface area (Å²) in [6.45, 7) is 3.47. The molecule has 2 rings (SSSR count). The molecule has 0 amide bonds. The maximum absolute atomic E-state index is 3.63. The summed E-state index contributed by atoms with van der Waals surface area (Å²) >= 11 is 5.31. The van der Waals surface area contributed by atoms with Crippen molar-refractivity contribution in [2.75, 3.05) is 20.1 Å². The van der Waals surface area contributed by atoms with E-state index in [0.717, 1.165) is 6.54 Å². The van der Waals surface area contributed by atoms with E-state index in [4.69, 9.17) is 0 Å². The van der Waals surface area contributed by atoms with E-state index in [1.54, 1.807) is 0 Å². The van der Waals surface area contributed by atoms with E-state index >= 15 is 0 Å². The van der Waals surface area contributed by atoms with Gasteiger partial charge in [0.05, 0.1) is 3.79 Å². The van der Waals surface area contributed by atoms with Gasteiger partial charge in [0.15, 0.2) is 0 Å². The minimum Gasteiger partial charge on any atom is -0.309 e. The SMILES string of the molecule is CN1CCC(NCc2ccc(Br)s2)CC1. The number of thiophene rings is 1. The van der Waals surface area contributed by atoms with Crippen molar-refractivity contribution in [2.24, 2.45) is 0 Å². The van der Waals surface area contributed by atoms with E-state index in [-0.39, 0.29) is 0 Å². The summed E-state index contributed by atoms with van der Waals surface area (Å²) in [6, 6.07) is 5.02. The van der Waals surface area contributed by atoms with Gasteiger partial charge in [0.2, 0.25) is 0 Å². The van der Waals surface area contributed by atoms with Crippen LogP contribution in [0.4, 0.5) is 0 Å². The van der Waals surface area contributed by atoms with Crippen molar-refractivity contribution in [3.05, 3.63) is 20.8 Å². The molecule has 4 heteroatoms. The van der Waals surface area contributed by atoms with Crippen LogP contribution in [0.3, 0.4) is 0 Å². The zero-order valence-electron chi connectivity index (χ0n) is 9.00. The Labute approximate surface area is 104 Å². The van der Waals surface area contributed by atoms with Crippen LogP contribution in [0.15, 0.2) is 15.9 Å². The molecule has 2 heterocycles. The average molecular weight is 289 g/mol. The minimum atomic E-state index is 0.710. The number of hydrogen-bond donors (Lipinski definition) is 1. The standard InChI is InChI=1S/C11H17BrN2S/c1-14-6-4-9(5-7-14)13-8-10-2-3-11(12)15-10/h2-3,9,13H,4-8H2,1H3. The molecule has 0 unspecified atom stereocenters. The highest BCUT2D eigenvalue weighted by Gasteiger charge is 2.15. The molecule has 0 spiro atoms. The zero-order valence-corrected chi connectivity index (χ0v) is 11.4. The number of piperidine rings is 1. The Bertz CT molecular complexity index is 305. The average Bonchev–Trinajstić information content (AvgIpc) is 2.64. The Morgan fingerprint density at radius 2 is 2.20 bits per heavy atom. The lowest BCUT2D eigenvalue weighted by atomic mass is 10.1. The second kappa shape index (κ2) is 5.43. The summed E-state index contributed by atoms with van der Waals surface area (Å²) in [5.41, 5.74) is 0. The Hall–Kier alpha value is 0.1000. The molecule has 0 saturated carbocycles. The van der Waals surface area contributed by atoms with Crippen molar-refractivity contribution >= 4 is 27.3 Å². The zero-order chi connectivity index (χ0) is 10.7. The molecule has 0 aliphatic carbocycles. The van der Waals surface area contributed by atoms with Gasteiger partial charge >= 0.3 is 0 Å². The van der Waals surface area contributed by atoms with Crippen LogP contribution in [0.2, 0.25) is 0 Å². The Morgan fingerprint density at radius 3 is 2.80 bits per heavy atom. The summed E-state index contributed by atoms with van der Waals surface area (Å²) in [6.07, 6.45) is 2.56. The second-order valence-corrected chi connectivity index (χ2v) is 6.71. The predicted octanol–water partition coefficient (Wildman–Crippen LogP) is 2.69. The van der Waals surface area contributed by atoms with Crippen molar-refractivity contribution < 1.29 is 0 Å². The van der Waals surface area contributed by atoms with E-state index in [1.807, 2.05) is 11.3 Å². The van der Waals surface area contributed by atoms with Crippen LogP contribution in [-0.4, -0.2) is 31.1 Å². The molecule has 1 aliphatic rings. The molecule has 0 bridgehead atoms. The van der Waals surface area contributed by atoms with Crippen molar-refractivity contribution in [2.45, 2.75) is 25.4 Å². The fourth-order valence-electron chi connectivity index (χ4n) is 1.90. The van der Waals surface area contributed by atoms with Gasteiger partial charge in [-0.15, -0.1) is 11.3 Å². The molecule has 84 valence electrons. The third kappa shape index (κ3) is 3.55. The van der Waals surface area contributed by atoms with Crippen LogP contribution < -0.4 is 5.32 Å². The number of hydrogen-bond acceptors (Lipinski definition) is 3. The van der Waals surface area contributed by atoms with Crippen LogP contribution in [0.5, 0.6) is 0 Å². The lowest BCUT2D eigenvalue weighted by Crippen LogP contribution is -2.40. The summed E-state index contributed by atoms with van der Waals surface area (Å²) in [5.74, 6) is 0. The molecule has 1 aromatic rings. The van der Waals surface area contributed by atoms with Crippen LogP contribution in [0.1, 0.15) is 17.7 Å². The van der Waals surface area contributed by atoms with Crippen LogP contribution in [-0.2, 0) is 6.54 Å². The smallest absolute Gasteiger partial charge is 0.0701 e. The van der Waals surface area contributed by atoms with E-state index in [2.05, 4.69) is 45.3 Å². The van der Waals surface area contributed by atoms with Crippen molar-refractivity contribution in [1.82, 2.24) is 10.2 Å². The molecule has 1 N–H and O–H groups in total. The third-order valence-electron chi connectivity index (χ3n) is 2.91. The highest BCUT2D eigenvalue weighted by atomic mass is 79.9. The minimum absolute atomic E-state index is 0.710. The monoisotopic (exact) mass is 288 g/mol. The van der Waals surface area contributed by atoms with Gasteiger partial charge in [0.1, 0.15) is 0 Å². The Balaban J connectivity index is 1.74. The first-order valence-electron chi connectivity index (χ1n) is 5.40. The molecule has 1 aromatic heterocycles.